The summed E-state index contributed by atoms with van der Waals surface area (Å²) in [6.45, 7) is 7.23. The second-order valence-electron chi connectivity index (χ2n) is 5.03. The van der Waals surface area contributed by atoms with E-state index in [1.54, 1.807) is 0 Å². The molecular formula is C14H22N2O. The first-order valence-corrected chi connectivity index (χ1v) is 6.28. The molecule has 0 spiro atoms. The van der Waals surface area contributed by atoms with Crippen molar-refractivity contribution >= 4 is 0 Å². The van der Waals surface area contributed by atoms with Crippen molar-refractivity contribution in [2.45, 2.75) is 39.3 Å². The van der Waals surface area contributed by atoms with Crippen LogP contribution in [0.15, 0.2) is 18.2 Å². The van der Waals surface area contributed by atoms with E-state index >= 15 is 0 Å². The lowest BCUT2D eigenvalue weighted by molar-refractivity contribution is 0.0953. The van der Waals surface area contributed by atoms with Gasteiger partial charge in [0.05, 0.1) is 12.1 Å². The number of nitrogens with two attached hydrogens (primary N) is 1. The first kappa shape index (κ1) is 12.6. The second kappa shape index (κ2) is 5.17. The zero-order valence-corrected chi connectivity index (χ0v) is 10.9. The molecule has 1 aliphatic rings. The fraction of sp³-hybridized carbons (Fsp3) is 0.571. The molecule has 0 saturated carbocycles. The van der Waals surface area contributed by atoms with E-state index in [1.807, 2.05) is 0 Å². The third-order valence-corrected chi connectivity index (χ3v) is 3.80. The molecule has 3 atom stereocenters. The van der Waals surface area contributed by atoms with Gasteiger partial charge in [-0.2, -0.15) is 0 Å². The molecule has 1 saturated heterocycles. The zero-order chi connectivity index (χ0) is 12.4. The first-order valence-electron chi connectivity index (χ1n) is 6.28. The molecule has 17 heavy (non-hydrogen) atoms. The third-order valence-electron chi connectivity index (χ3n) is 3.80. The largest absolute Gasteiger partial charge is 0.378 e. The van der Waals surface area contributed by atoms with Crippen LogP contribution in [0.2, 0.25) is 0 Å². The van der Waals surface area contributed by atoms with E-state index < -0.39 is 0 Å². The van der Waals surface area contributed by atoms with Crippen molar-refractivity contribution in [3.8, 4) is 0 Å². The molecule has 1 heterocycles. The fourth-order valence-electron chi connectivity index (χ4n) is 2.80. The van der Waals surface area contributed by atoms with Gasteiger partial charge in [0.1, 0.15) is 0 Å². The summed E-state index contributed by atoms with van der Waals surface area (Å²) in [5.41, 5.74) is 6.85. The first-order chi connectivity index (χ1) is 8.13. The van der Waals surface area contributed by atoms with E-state index in [9.17, 15) is 0 Å². The lowest BCUT2D eigenvalue weighted by atomic mass is 9.86. The molecule has 3 heteroatoms. The van der Waals surface area contributed by atoms with Crippen LogP contribution in [0.4, 0.5) is 0 Å². The summed E-state index contributed by atoms with van der Waals surface area (Å²) in [6.07, 6.45) is 1.35. The van der Waals surface area contributed by atoms with Crippen molar-refractivity contribution in [2.75, 3.05) is 6.61 Å². The van der Waals surface area contributed by atoms with Crippen molar-refractivity contribution in [2.24, 2.45) is 11.8 Å². The Labute approximate surface area is 103 Å². The lowest BCUT2D eigenvalue weighted by Crippen LogP contribution is -2.36. The van der Waals surface area contributed by atoms with Gasteiger partial charge in [-0.25, -0.2) is 0 Å². The molecular weight excluding hydrogens is 212 g/mol. The average Bonchev–Trinajstić information content (AvgIpc) is 2.69. The van der Waals surface area contributed by atoms with Gasteiger partial charge in [-0.3, -0.25) is 11.3 Å². The Kier molecular flexibility index (Phi) is 3.82. The van der Waals surface area contributed by atoms with E-state index in [-0.39, 0.29) is 12.1 Å². The van der Waals surface area contributed by atoms with Crippen LogP contribution in [0.25, 0.3) is 0 Å². The summed E-state index contributed by atoms with van der Waals surface area (Å²) in [6, 6.07) is 6.72. The predicted molar refractivity (Wildman–Crippen MR) is 69.5 cm³/mol. The molecule has 0 aliphatic carbocycles. The number of aryl methyl sites for hydroxylation is 2. The Morgan fingerprint density at radius 3 is 2.71 bits per heavy atom. The molecule has 1 aromatic rings. The number of hydrazine groups is 1. The van der Waals surface area contributed by atoms with E-state index in [2.05, 4.69) is 44.4 Å². The lowest BCUT2D eigenvalue weighted by Gasteiger charge is -2.27. The predicted octanol–water partition coefficient (Wildman–Crippen LogP) is 2.23. The van der Waals surface area contributed by atoms with Crippen molar-refractivity contribution in [3.05, 3.63) is 34.9 Å². The number of rotatable bonds is 3. The Hall–Kier alpha value is -0.900. The average molecular weight is 234 g/mol. The van der Waals surface area contributed by atoms with Gasteiger partial charge in [0.2, 0.25) is 0 Å². The molecule has 3 unspecified atom stereocenters. The Balaban J connectivity index is 2.28. The van der Waals surface area contributed by atoms with Crippen LogP contribution >= 0.6 is 0 Å². The molecule has 1 fully saturated rings. The van der Waals surface area contributed by atoms with E-state index in [0.29, 0.717) is 5.92 Å². The van der Waals surface area contributed by atoms with Gasteiger partial charge >= 0.3 is 0 Å². The van der Waals surface area contributed by atoms with Crippen LogP contribution in [0.1, 0.15) is 36.1 Å². The standard InChI is InChI=1S/C14H22N2O/c1-9-4-5-12(10(2)8-9)14(16-15)13-6-7-17-11(13)3/h4-5,8,11,13-14,16H,6-7,15H2,1-3H3. The minimum absolute atomic E-state index is 0.188. The Bertz CT molecular complexity index is 392. The van der Waals surface area contributed by atoms with Crippen molar-refractivity contribution < 1.29 is 4.74 Å². The van der Waals surface area contributed by atoms with Gasteiger partial charge in [-0.05, 0) is 38.3 Å². The normalized spacial score (nSPS) is 26.1. The van der Waals surface area contributed by atoms with E-state index in [0.717, 1.165) is 13.0 Å². The van der Waals surface area contributed by atoms with Gasteiger partial charge in [-0.15, -0.1) is 0 Å². The molecule has 0 amide bonds. The molecule has 0 bridgehead atoms. The Morgan fingerprint density at radius 1 is 1.41 bits per heavy atom. The van der Waals surface area contributed by atoms with Crippen molar-refractivity contribution in [1.29, 1.82) is 0 Å². The highest BCUT2D eigenvalue weighted by Gasteiger charge is 2.32. The van der Waals surface area contributed by atoms with Crippen LogP contribution in [0.5, 0.6) is 0 Å². The van der Waals surface area contributed by atoms with Gasteiger partial charge < -0.3 is 4.74 Å². The summed E-state index contributed by atoms with van der Waals surface area (Å²) in [5.74, 6) is 6.21. The molecule has 94 valence electrons. The van der Waals surface area contributed by atoms with Gasteiger partial charge in [0, 0.05) is 12.5 Å². The Morgan fingerprint density at radius 2 is 2.18 bits per heavy atom. The van der Waals surface area contributed by atoms with Crippen LogP contribution < -0.4 is 11.3 Å². The third kappa shape index (κ3) is 2.51. The van der Waals surface area contributed by atoms with Gasteiger partial charge in [0.15, 0.2) is 0 Å². The maximum absolute atomic E-state index is 5.75. The minimum Gasteiger partial charge on any atom is -0.378 e. The summed E-state index contributed by atoms with van der Waals surface area (Å²) < 4.78 is 5.64. The van der Waals surface area contributed by atoms with Crippen LogP contribution in [-0.2, 0) is 4.74 Å². The van der Waals surface area contributed by atoms with Crippen molar-refractivity contribution in [3.63, 3.8) is 0 Å². The summed E-state index contributed by atoms with van der Waals surface area (Å²) in [4.78, 5) is 0. The minimum atomic E-state index is 0.188. The molecule has 1 aliphatic heterocycles. The number of nitrogens with one attached hydrogen (secondary N) is 1. The highest BCUT2D eigenvalue weighted by Crippen LogP contribution is 2.34. The highest BCUT2D eigenvalue weighted by atomic mass is 16.5. The number of hydrogen-bond donors (Lipinski definition) is 2. The number of ether oxygens (including phenoxy) is 1. The molecule has 0 aromatic heterocycles. The number of benzene rings is 1. The number of hydrogen-bond acceptors (Lipinski definition) is 3. The SMILES string of the molecule is Cc1ccc(C(NN)C2CCOC2C)c(C)c1. The fourth-order valence-corrected chi connectivity index (χ4v) is 2.80. The molecule has 3 N–H and O–H groups in total. The molecule has 2 rings (SSSR count). The maximum atomic E-state index is 5.75. The quantitative estimate of drug-likeness (QED) is 0.623. The van der Waals surface area contributed by atoms with Gasteiger partial charge in [-0.1, -0.05) is 23.8 Å². The van der Waals surface area contributed by atoms with Crippen LogP contribution in [-0.4, -0.2) is 12.7 Å². The maximum Gasteiger partial charge on any atom is 0.0594 e. The summed E-state index contributed by atoms with van der Waals surface area (Å²) >= 11 is 0. The monoisotopic (exact) mass is 234 g/mol. The molecule has 1 aromatic carbocycles. The van der Waals surface area contributed by atoms with E-state index in [4.69, 9.17) is 10.6 Å². The second-order valence-corrected chi connectivity index (χ2v) is 5.03. The molecule has 3 nitrogen and oxygen atoms in total. The van der Waals surface area contributed by atoms with Crippen molar-refractivity contribution in [1.82, 2.24) is 5.43 Å². The smallest absolute Gasteiger partial charge is 0.0594 e. The summed E-state index contributed by atoms with van der Waals surface area (Å²) in [7, 11) is 0. The van der Waals surface area contributed by atoms with Crippen LogP contribution in [0.3, 0.4) is 0 Å². The van der Waals surface area contributed by atoms with E-state index in [1.165, 1.54) is 16.7 Å². The van der Waals surface area contributed by atoms with Gasteiger partial charge in [0.25, 0.3) is 0 Å². The summed E-state index contributed by atoms with van der Waals surface area (Å²) in [5, 5.41) is 0. The van der Waals surface area contributed by atoms with Crippen LogP contribution in [0, 0.1) is 19.8 Å². The highest BCUT2D eigenvalue weighted by molar-refractivity contribution is 5.33. The topological polar surface area (TPSA) is 47.3 Å². The zero-order valence-electron chi connectivity index (χ0n) is 10.9. The molecule has 0 radical (unpaired) electrons.